The molecule has 0 radical (unpaired) electrons. The molecule has 2 aromatic carbocycles. The molecule has 1 unspecified atom stereocenters. The van der Waals surface area contributed by atoms with E-state index in [2.05, 4.69) is 10.2 Å². The summed E-state index contributed by atoms with van der Waals surface area (Å²) in [6, 6.07) is 12.4. The zero-order valence-corrected chi connectivity index (χ0v) is 13.8. The van der Waals surface area contributed by atoms with Crippen molar-refractivity contribution in [2.24, 2.45) is 0 Å². The van der Waals surface area contributed by atoms with Gasteiger partial charge >= 0.3 is 0 Å². The molecule has 1 aliphatic heterocycles. The quantitative estimate of drug-likeness (QED) is 0.903. The summed E-state index contributed by atoms with van der Waals surface area (Å²) in [5, 5.41) is 2.59. The number of carbonyl (C=O) groups is 1. The first-order valence-corrected chi connectivity index (χ1v) is 8.25. The molecule has 0 saturated carbocycles. The number of benzene rings is 2. The first-order valence-electron chi connectivity index (χ1n) is 8.25. The van der Waals surface area contributed by atoms with Gasteiger partial charge in [0.05, 0.1) is 18.4 Å². The van der Waals surface area contributed by atoms with E-state index in [1.165, 1.54) is 24.3 Å². The van der Waals surface area contributed by atoms with Crippen LogP contribution in [0, 0.1) is 11.6 Å². The molecule has 1 heterocycles. The molecule has 6 heteroatoms. The smallest absolute Gasteiger partial charge is 0.225 e. The number of nitrogens with zero attached hydrogens (tertiary/aromatic N) is 1. The first kappa shape index (κ1) is 17.5. The van der Waals surface area contributed by atoms with Crippen LogP contribution in [0.1, 0.15) is 18.1 Å². The molecule has 2 aromatic rings. The normalized spacial score (nSPS) is 18.1. The van der Waals surface area contributed by atoms with E-state index >= 15 is 0 Å². The summed E-state index contributed by atoms with van der Waals surface area (Å²) < 4.78 is 32.3. The number of carbonyl (C=O) groups excluding carboxylic acids is 1. The molecule has 1 atom stereocenters. The lowest BCUT2D eigenvalue weighted by Crippen LogP contribution is -2.39. The maximum atomic E-state index is 13.5. The second-order valence-electron chi connectivity index (χ2n) is 5.99. The second-order valence-corrected chi connectivity index (χ2v) is 5.99. The molecule has 1 N–H and O–H groups in total. The Kier molecular flexibility index (Phi) is 5.73. The highest BCUT2D eigenvalue weighted by Gasteiger charge is 2.22. The minimum Gasteiger partial charge on any atom is -0.371 e. The molecule has 25 heavy (non-hydrogen) atoms. The van der Waals surface area contributed by atoms with Crippen LogP contribution >= 0.6 is 0 Å². The van der Waals surface area contributed by atoms with Gasteiger partial charge in [0.15, 0.2) is 0 Å². The fourth-order valence-corrected chi connectivity index (χ4v) is 2.82. The Hall–Kier alpha value is -2.31. The van der Waals surface area contributed by atoms with Gasteiger partial charge in [-0.05, 0) is 29.8 Å². The predicted molar refractivity (Wildman–Crippen MR) is 91.2 cm³/mol. The molecule has 0 spiro atoms. The van der Waals surface area contributed by atoms with Gasteiger partial charge in [0.2, 0.25) is 5.91 Å². The number of para-hydroxylation sites is 1. The van der Waals surface area contributed by atoms with Gasteiger partial charge < -0.3 is 10.1 Å². The van der Waals surface area contributed by atoms with E-state index in [4.69, 9.17) is 4.74 Å². The number of hydrogen-bond donors (Lipinski definition) is 1. The van der Waals surface area contributed by atoms with E-state index in [0.29, 0.717) is 19.7 Å². The van der Waals surface area contributed by atoms with Crippen molar-refractivity contribution >= 4 is 11.6 Å². The Morgan fingerprint density at radius 2 is 1.92 bits per heavy atom. The molecule has 1 saturated heterocycles. The van der Waals surface area contributed by atoms with Gasteiger partial charge in [0.25, 0.3) is 0 Å². The van der Waals surface area contributed by atoms with Gasteiger partial charge in [0, 0.05) is 26.1 Å². The molecule has 3 rings (SSSR count). The molecule has 0 aliphatic carbocycles. The zero-order valence-electron chi connectivity index (χ0n) is 13.8. The molecular formula is C19H20F2N2O2. The van der Waals surface area contributed by atoms with Crippen LogP contribution in [0.5, 0.6) is 0 Å². The van der Waals surface area contributed by atoms with Crippen LogP contribution in [0.2, 0.25) is 0 Å². The summed E-state index contributed by atoms with van der Waals surface area (Å²) in [6.45, 7) is 2.47. The summed E-state index contributed by atoms with van der Waals surface area (Å²) in [6.07, 6.45) is 0.133. The summed E-state index contributed by atoms with van der Waals surface area (Å²) >= 11 is 0. The van der Waals surface area contributed by atoms with Crippen molar-refractivity contribution in [3.8, 4) is 0 Å². The highest BCUT2D eigenvalue weighted by Crippen LogP contribution is 2.22. The number of rotatable bonds is 5. The minimum atomic E-state index is -0.446. The molecule has 1 amide bonds. The van der Waals surface area contributed by atoms with Crippen molar-refractivity contribution in [1.29, 1.82) is 0 Å². The van der Waals surface area contributed by atoms with E-state index < -0.39 is 5.82 Å². The van der Waals surface area contributed by atoms with Gasteiger partial charge in [-0.15, -0.1) is 0 Å². The highest BCUT2D eigenvalue weighted by molar-refractivity contribution is 5.90. The minimum absolute atomic E-state index is 0.135. The highest BCUT2D eigenvalue weighted by atomic mass is 19.1. The number of ether oxygens (including phenoxy) is 1. The van der Waals surface area contributed by atoms with Crippen LogP contribution in [0.15, 0.2) is 48.5 Å². The van der Waals surface area contributed by atoms with Crippen LogP contribution in [0.3, 0.4) is 0 Å². The standard InChI is InChI=1S/C19H20F2N2O2/c20-15-7-5-14(6-8-15)18-13-23(11-12-25-18)10-9-19(24)22-17-4-2-1-3-16(17)21/h1-8,18H,9-13H2,(H,22,24). The third kappa shape index (κ3) is 4.84. The molecule has 0 aromatic heterocycles. The SMILES string of the molecule is O=C(CCN1CCOC(c2ccc(F)cc2)C1)Nc1ccccc1F. The third-order valence-electron chi connectivity index (χ3n) is 4.20. The topological polar surface area (TPSA) is 41.6 Å². The van der Waals surface area contributed by atoms with E-state index in [0.717, 1.165) is 12.1 Å². The van der Waals surface area contributed by atoms with E-state index in [1.54, 1.807) is 24.3 Å². The molecule has 1 aliphatic rings. The number of amides is 1. The average molecular weight is 346 g/mol. The Balaban J connectivity index is 1.50. The van der Waals surface area contributed by atoms with Crippen LogP contribution in [0.25, 0.3) is 0 Å². The van der Waals surface area contributed by atoms with Crippen molar-refractivity contribution < 1.29 is 18.3 Å². The molecule has 132 valence electrons. The lowest BCUT2D eigenvalue weighted by atomic mass is 10.1. The summed E-state index contributed by atoms with van der Waals surface area (Å²) in [5.74, 6) is -0.949. The summed E-state index contributed by atoms with van der Waals surface area (Å²) in [4.78, 5) is 14.1. The average Bonchev–Trinajstić information content (AvgIpc) is 2.63. The van der Waals surface area contributed by atoms with Gasteiger partial charge in [-0.25, -0.2) is 8.78 Å². The molecule has 1 fully saturated rings. The van der Waals surface area contributed by atoms with E-state index in [-0.39, 0.29) is 29.9 Å². The van der Waals surface area contributed by atoms with Crippen LogP contribution in [-0.4, -0.2) is 37.0 Å². The van der Waals surface area contributed by atoms with Crippen molar-refractivity contribution in [1.82, 2.24) is 4.90 Å². The number of hydrogen-bond acceptors (Lipinski definition) is 3. The van der Waals surface area contributed by atoms with E-state index in [1.807, 2.05) is 0 Å². The third-order valence-corrected chi connectivity index (χ3v) is 4.20. The Morgan fingerprint density at radius 1 is 1.16 bits per heavy atom. The first-order chi connectivity index (χ1) is 12.1. The van der Waals surface area contributed by atoms with Crippen molar-refractivity contribution in [2.75, 3.05) is 31.6 Å². The lowest BCUT2D eigenvalue weighted by molar-refractivity contribution is -0.117. The Morgan fingerprint density at radius 3 is 2.68 bits per heavy atom. The monoisotopic (exact) mass is 346 g/mol. The summed E-state index contributed by atoms with van der Waals surface area (Å²) in [5.41, 5.74) is 1.11. The largest absolute Gasteiger partial charge is 0.371 e. The van der Waals surface area contributed by atoms with Crippen LogP contribution in [0.4, 0.5) is 14.5 Å². The molecule has 0 bridgehead atoms. The van der Waals surface area contributed by atoms with Crippen LogP contribution < -0.4 is 5.32 Å². The zero-order chi connectivity index (χ0) is 17.6. The predicted octanol–water partition coefficient (Wildman–Crippen LogP) is 3.37. The maximum Gasteiger partial charge on any atom is 0.225 e. The number of morpholine rings is 1. The fourth-order valence-electron chi connectivity index (χ4n) is 2.82. The van der Waals surface area contributed by atoms with Gasteiger partial charge in [-0.1, -0.05) is 24.3 Å². The summed E-state index contributed by atoms with van der Waals surface area (Å²) in [7, 11) is 0. The second kappa shape index (κ2) is 8.18. The number of halogens is 2. The van der Waals surface area contributed by atoms with Crippen molar-refractivity contribution in [3.63, 3.8) is 0 Å². The Labute approximate surface area is 145 Å². The lowest BCUT2D eigenvalue weighted by Gasteiger charge is -2.33. The van der Waals surface area contributed by atoms with Crippen molar-refractivity contribution in [3.05, 3.63) is 65.7 Å². The molecule has 4 nitrogen and oxygen atoms in total. The van der Waals surface area contributed by atoms with E-state index in [9.17, 15) is 13.6 Å². The fraction of sp³-hybridized carbons (Fsp3) is 0.316. The van der Waals surface area contributed by atoms with Crippen molar-refractivity contribution in [2.45, 2.75) is 12.5 Å². The Bertz CT molecular complexity index is 722. The number of anilines is 1. The molecular weight excluding hydrogens is 326 g/mol. The van der Waals surface area contributed by atoms with Gasteiger partial charge in [-0.2, -0.15) is 0 Å². The van der Waals surface area contributed by atoms with Gasteiger partial charge in [-0.3, -0.25) is 9.69 Å². The number of nitrogens with one attached hydrogen (secondary N) is 1. The van der Waals surface area contributed by atoms with Crippen LogP contribution in [-0.2, 0) is 9.53 Å². The maximum absolute atomic E-state index is 13.5. The van der Waals surface area contributed by atoms with Gasteiger partial charge in [0.1, 0.15) is 11.6 Å².